The standard InChI is InChI=1S/C30H38BN3O9/c1-18(2)14-21(31-41-26(38)17-30(43-31,29(40)42-31)16-25(37)34(4)5)15-24(36)27(19(3)35)33-28(39)23-13-9-12-22(32-23)20-10-7-6-8-11-20/h6-13,18-19,21,27,35,42H,14-17H2,1-5H3,(H,33,39)/t19-,21-,27+,30+,31?/m1/s1. The van der Waals surface area contributed by atoms with Gasteiger partial charge in [0.2, 0.25) is 11.5 Å². The second kappa shape index (κ2) is 12.6. The number of amides is 2. The molecule has 3 N–H and O–H groups in total. The van der Waals surface area contributed by atoms with Gasteiger partial charge in [0.25, 0.3) is 11.9 Å². The van der Waals surface area contributed by atoms with E-state index in [0.717, 1.165) is 5.56 Å². The van der Waals surface area contributed by atoms with E-state index in [1.807, 2.05) is 44.2 Å². The highest BCUT2D eigenvalue weighted by atomic mass is 16.8. The summed E-state index contributed by atoms with van der Waals surface area (Å²) in [6.07, 6.45) is -2.21. The highest BCUT2D eigenvalue weighted by Crippen LogP contribution is 2.47. The molecule has 0 spiro atoms. The summed E-state index contributed by atoms with van der Waals surface area (Å²) in [6.45, 7) is 2.16. The zero-order chi connectivity index (χ0) is 31.5. The lowest BCUT2D eigenvalue weighted by atomic mass is 9.57. The van der Waals surface area contributed by atoms with E-state index in [9.17, 15) is 29.1 Å². The van der Waals surface area contributed by atoms with Gasteiger partial charge in [-0.3, -0.25) is 19.2 Å². The molecule has 2 bridgehead atoms. The maximum atomic E-state index is 13.7. The van der Waals surface area contributed by atoms with Gasteiger partial charge in [0.15, 0.2) is 5.78 Å². The van der Waals surface area contributed by atoms with Crippen LogP contribution in [0.5, 0.6) is 0 Å². The van der Waals surface area contributed by atoms with Crippen molar-refractivity contribution in [2.24, 2.45) is 5.92 Å². The van der Waals surface area contributed by atoms with Gasteiger partial charge >= 0.3 is 12.7 Å². The highest BCUT2D eigenvalue weighted by molar-refractivity contribution is 6.67. The summed E-state index contributed by atoms with van der Waals surface area (Å²) in [5, 5.41) is 13.1. The second-order valence-corrected chi connectivity index (χ2v) is 11.9. The van der Waals surface area contributed by atoms with Crippen LogP contribution in [0.4, 0.5) is 0 Å². The van der Waals surface area contributed by atoms with Crippen LogP contribution >= 0.6 is 0 Å². The van der Waals surface area contributed by atoms with E-state index in [0.29, 0.717) is 5.69 Å². The summed E-state index contributed by atoms with van der Waals surface area (Å²) in [7, 11) is 3.04. The van der Waals surface area contributed by atoms with E-state index in [1.54, 1.807) is 12.1 Å². The fraction of sp³-hybridized carbons (Fsp3) is 0.467. The molecule has 0 radical (unpaired) electrons. The Morgan fingerprint density at radius 3 is 2.42 bits per heavy atom. The van der Waals surface area contributed by atoms with Gasteiger partial charge in [0.05, 0.1) is 24.6 Å². The molecule has 12 nitrogen and oxygen atoms in total. The van der Waals surface area contributed by atoms with Crippen LogP contribution in [0.25, 0.3) is 11.3 Å². The Labute approximate surface area is 250 Å². The molecule has 5 atom stereocenters. The number of nitrogens with zero attached hydrogens (tertiary/aromatic N) is 2. The number of carbonyl (C=O) groups excluding carboxylic acids is 4. The molecule has 2 aliphatic heterocycles. The molecule has 2 amide bonds. The van der Waals surface area contributed by atoms with Crippen molar-refractivity contribution in [1.29, 1.82) is 0 Å². The lowest BCUT2D eigenvalue weighted by Gasteiger charge is -2.43. The Hall–Kier alpha value is -4.10. The Balaban J connectivity index is 1.57. The molecular weight excluding hydrogens is 557 g/mol. The first kappa shape index (κ1) is 31.8. The highest BCUT2D eigenvalue weighted by Gasteiger charge is 2.69. The molecule has 1 aromatic heterocycles. The number of fused-ring (bicyclic) bond motifs is 2. The van der Waals surface area contributed by atoms with Crippen LogP contribution in [-0.4, -0.2) is 87.8 Å². The average Bonchev–Trinajstić information content (AvgIpc) is 3.15. The third-order valence-corrected chi connectivity index (χ3v) is 7.75. The number of nitrogens with one attached hydrogen (secondary N) is 1. The number of aliphatic hydroxyl groups is 1. The van der Waals surface area contributed by atoms with Crippen molar-refractivity contribution in [3.63, 3.8) is 0 Å². The Bertz CT molecular complexity index is 1400. The molecule has 4 rings (SSSR count). The van der Waals surface area contributed by atoms with Gasteiger partial charge in [-0.05, 0) is 37.2 Å². The number of rotatable bonds is 12. The number of aromatic nitrogens is 1. The summed E-state index contributed by atoms with van der Waals surface area (Å²) in [5.41, 5.74) is -0.384. The summed E-state index contributed by atoms with van der Waals surface area (Å²) >= 11 is 0. The number of hydrogen-bond donors (Lipinski definition) is 2. The van der Waals surface area contributed by atoms with Crippen LogP contribution in [-0.2, 0) is 28.5 Å². The minimum Gasteiger partial charge on any atom is -0.716 e. The van der Waals surface area contributed by atoms with Gasteiger partial charge in [-0.1, -0.05) is 56.7 Å². The second-order valence-electron chi connectivity index (χ2n) is 11.9. The summed E-state index contributed by atoms with van der Waals surface area (Å²) in [6, 6.07) is 12.9. The monoisotopic (exact) mass is 595 g/mol. The van der Waals surface area contributed by atoms with Crippen molar-refractivity contribution >= 4 is 36.3 Å². The molecule has 2 saturated heterocycles. The number of hydrogen-bond acceptors (Lipinski definition) is 9. The Morgan fingerprint density at radius 1 is 1.09 bits per heavy atom. The van der Waals surface area contributed by atoms with Crippen LogP contribution in [0.2, 0.25) is 5.82 Å². The largest absolute Gasteiger partial charge is 0.716 e. The Morgan fingerprint density at radius 2 is 1.79 bits per heavy atom. The quantitative estimate of drug-likeness (QED) is 0.275. The SMILES string of the molecule is CC(C)C[C@H](CC(=O)[C@@H](NC(=O)c1cccc(-c2ccccc2)n1)[C@@H](C)O)[B-]12OC(=O)C[C@](CC(=O)N(C)C)(O1)C(=O)[OH+]2. The summed E-state index contributed by atoms with van der Waals surface area (Å²) < 4.78 is 15.9. The van der Waals surface area contributed by atoms with Crippen LogP contribution in [0.1, 0.15) is 56.9 Å². The van der Waals surface area contributed by atoms with Crippen molar-refractivity contribution in [3.05, 3.63) is 54.2 Å². The molecule has 2 aliphatic rings. The maximum Gasteiger partial charge on any atom is 0.576 e. The molecule has 1 aromatic carbocycles. The molecule has 0 saturated carbocycles. The first-order chi connectivity index (χ1) is 20.2. The number of aliphatic carboxylic acids is 1. The molecule has 43 heavy (non-hydrogen) atoms. The molecule has 2 fully saturated rings. The lowest BCUT2D eigenvalue weighted by molar-refractivity contribution is -0.160. The molecule has 2 aromatic rings. The first-order valence-corrected chi connectivity index (χ1v) is 14.3. The fourth-order valence-electron chi connectivity index (χ4n) is 5.60. The maximum absolute atomic E-state index is 13.7. The van der Waals surface area contributed by atoms with Crippen LogP contribution < -0.4 is 5.32 Å². The predicted octanol–water partition coefficient (Wildman–Crippen LogP) is 1.79. The molecule has 3 heterocycles. The summed E-state index contributed by atoms with van der Waals surface area (Å²) in [4.78, 5) is 71.1. The average molecular weight is 595 g/mol. The third kappa shape index (κ3) is 6.94. The van der Waals surface area contributed by atoms with E-state index < -0.39 is 72.7 Å². The first-order valence-electron chi connectivity index (χ1n) is 14.3. The molecular formula is C30H38BN3O9. The zero-order valence-electron chi connectivity index (χ0n) is 25.0. The minimum absolute atomic E-state index is 0.0356. The van der Waals surface area contributed by atoms with E-state index in [4.69, 9.17) is 9.31 Å². The van der Waals surface area contributed by atoms with E-state index in [2.05, 4.69) is 15.0 Å². The van der Waals surface area contributed by atoms with Gasteiger partial charge in [0, 0.05) is 24.5 Å². The van der Waals surface area contributed by atoms with Crippen molar-refractivity contribution in [2.75, 3.05) is 14.1 Å². The Kier molecular flexibility index (Phi) is 9.36. The molecule has 0 aliphatic carbocycles. The van der Waals surface area contributed by atoms with Crippen molar-refractivity contribution in [3.8, 4) is 11.3 Å². The molecule has 1 unspecified atom stereocenters. The predicted molar refractivity (Wildman–Crippen MR) is 156 cm³/mol. The van der Waals surface area contributed by atoms with Gasteiger partial charge < -0.3 is 29.3 Å². The van der Waals surface area contributed by atoms with Crippen LogP contribution in [0.15, 0.2) is 48.5 Å². The van der Waals surface area contributed by atoms with Gasteiger partial charge in [0.1, 0.15) is 11.7 Å². The lowest BCUT2D eigenvalue weighted by Crippen LogP contribution is -2.57. The van der Waals surface area contributed by atoms with Gasteiger partial charge in [-0.2, -0.15) is 0 Å². The topological polar surface area (TPSA) is 165 Å². The number of benzene rings is 1. The zero-order valence-corrected chi connectivity index (χ0v) is 25.0. The number of carboxylic acids is 1. The molecule has 13 heteroatoms. The van der Waals surface area contributed by atoms with Crippen molar-refractivity contribution in [2.45, 2.75) is 70.0 Å². The van der Waals surface area contributed by atoms with E-state index >= 15 is 0 Å². The van der Waals surface area contributed by atoms with Gasteiger partial charge in [-0.15, -0.1) is 0 Å². The third-order valence-electron chi connectivity index (χ3n) is 7.75. The number of ketones is 1. The smallest absolute Gasteiger partial charge is 0.576 e. The van der Waals surface area contributed by atoms with E-state index in [-0.39, 0.29) is 24.5 Å². The molecule has 230 valence electrons. The van der Waals surface area contributed by atoms with Gasteiger partial charge in [-0.25, -0.2) is 4.98 Å². The van der Waals surface area contributed by atoms with Crippen molar-refractivity contribution in [1.82, 2.24) is 15.2 Å². The minimum atomic E-state index is -2.98. The summed E-state index contributed by atoms with van der Waals surface area (Å²) in [5.74, 6) is -4.11. The number of aliphatic hydroxyl groups excluding tert-OH is 1. The number of pyridine rings is 1. The van der Waals surface area contributed by atoms with Crippen LogP contribution in [0, 0.1) is 5.92 Å². The number of Topliss-reactive ketones (excluding diaryl/α,β-unsaturated/α-hetero) is 1. The fourth-order valence-corrected chi connectivity index (χ4v) is 5.60. The van der Waals surface area contributed by atoms with Crippen molar-refractivity contribution < 1.29 is 43.0 Å². The van der Waals surface area contributed by atoms with E-state index in [1.165, 1.54) is 32.0 Å². The normalized spacial score (nSPS) is 23.1. The van der Waals surface area contributed by atoms with Crippen LogP contribution in [0.3, 0.4) is 0 Å². The number of carbonyl (C=O) groups is 5.